The first-order chi connectivity index (χ1) is 10.1. The zero-order valence-corrected chi connectivity index (χ0v) is 14.6. The van der Waals surface area contributed by atoms with Crippen molar-refractivity contribution in [2.75, 3.05) is 20.1 Å². The van der Waals surface area contributed by atoms with Gasteiger partial charge in [0.2, 0.25) is 0 Å². The van der Waals surface area contributed by atoms with Crippen LogP contribution in [-0.4, -0.2) is 31.1 Å². The summed E-state index contributed by atoms with van der Waals surface area (Å²) in [5.41, 5.74) is 1.22. The highest BCUT2D eigenvalue weighted by molar-refractivity contribution is 6.42. The van der Waals surface area contributed by atoms with Gasteiger partial charge in [-0.05, 0) is 44.0 Å². The van der Waals surface area contributed by atoms with E-state index in [1.807, 2.05) is 12.1 Å². The summed E-state index contributed by atoms with van der Waals surface area (Å²) < 4.78 is 0. The Balaban J connectivity index is 1.83. The monoisotopic (exact) mass is 328 g/mol. The van der Waals surface area contributed by atoms with Crippen molar-refractivity contribution >= 4 is 23.2 Å². The maximum atomic E-state index is 6.12. The van der Waals surface area contributed by atoms with E-state index >= 15 is 0 Å². The van der Waals surface area contributed by atoms with Crippen LogP contribution in [0.2, 0.25) is 10.0 Å². The van der Waals surface area contributed by atoms with E-state index in [2.05, 4.69) is 30.3 Å². The van der Waals surface area contributed by atoms with Crippen molar-refractivity contribution in [2.45, 2.75) is 51.1 Å². The first-order valence-electron chi connectivity index (χ1n) is 8.00. The van der Waals surface area contributed by atoms with E-state index in [4.69, 9.17) is 23.2 Å². The Morgan fingerprint density at radius 1 is 1.24 bits per heavy atom. The maximum Gasteiger partial charge on any atom is 0.0595 e. The highest BCUT2D eigenvalue weighted by Gasteiger charge is 2.19. The van der Waals surface area contributed by atoms with Crippen molar-refractivity contribution in [1.82, 2.24) is 10.2 Å². The van der Waals surface area contributed by atoms with Crippen LogP contribution in [0.1, 0.15) is 50.6 Å². The fraction of sp³-hybridized carbons (Fsp3) is 0.647. The van der Waals surface area contributed by atoms with Gasteiger partial charge in [0, 0.05) is 25.2 Å². The fourth-order valence-electron chi connectivity index (χ4n) is 3.17. The van der Waals surface area contributed by atoms with E-state index < -0.39 is 0 Å². The van der Waals surface area contributed by atoms with Crippen LogP contribution < -0.4 is 5.32 Å². The molecule has 0 heterocycles. The molecule has 1 N–H and O–H groups in total. The largest absolute Gasteiger partial charge is 0.309 e. The molecule has 1 fully saturated rings. The Kier molecular flexibility index (Phi) is 6.81. The summed E-state index contributed by atoms with van der Waals surface area (Å²) in [6.07, 6.45) is 6.55. The fourth-order valence-corrected chi connectivity index (χ4v) is 3.48. The van der Waals surface area contributed by atoms with Gasteiger partial charge in [0.15, 0.2) is 0 Å². The molecule has 0 spiro atoms. The van der Waals surface area contributed by atoms with Crippen molar-refractivity contribution in [3.63, 3.8) is 0 Å². The molecule has 2 rings (SSSR count). The lowest BCUT2D eigenvalue weighted by molar-refractivity contribution is 0.242. The Morgan fingerprint density at radius 3 is 2.57 bits per heavy atom. The van der Waals surface area contributed by atoms with Gasteiger partial charge in [-0.1, -0.05) is 49.0 Å². The van der Waals surface area contributed by atoms with Crippen LogP contribution in [0.25, 0.3) is 0 Å². The average molecular weight is 329 g/mol. The number of hydrogen-bond acceptors (Lipinski definition) is 2. The summed E-state index contributed by atoms with van der Waals surface area (Å²) in [7, 11) is 2.25. The molecule has 1 aliphatic rings. The summed E-state index contributed by atoms with van der Waals surface area (Å²) in [5, 5.41) is 4.90. The average Bonchev–Trinajstić information content (AvgIpc) is 3.01. The normalized spacial score (nSPS) is 17.6. The number of nitrogens with zero attached hydrogens (tertiary/aromatic N) is 1. The van der Waals surface area contributed by atoms with E-state index in [0.717, 1.165) is 25.6 Å². The molecule has 0 bridgehead atoms. The Labute approximate surface area is 138 Å². The standard InChI is InChI=1S/C17H26Cl2N2/c1-3-17(13-8-9-15(18)16(19)12-13)20-10-11-21(2)14-6-4-5-7-14/h8-9,12,14,17,20H,3-7,10-11H2,1-2H3. The van der Waals surface area contributed by atoms with Gasteiger partial charge < -0.3 is 10.2 Å². The van der Waals surface area contributed by atoms with Crippen molar-refractivity contribution in [1.29, 1.82) is 0 Å². The molecule has 1 saturated carbocycles. The van der Waals surface area contributed by atoms with Gasteiger partial charge in [-0.25, -0.2) is 0 Å². The smallest absolute Gasteiger partial charge is 0.0595 e. The van der Waals surface area contributed by atoms with Crippen molar-refractivity contribution in [3.8, 4) is 0 Å². The summed E-state index contributed by atoms with van der Waals surface area (Å²) >= 11 is 12.1. The molecule has 118 valence electrons. The van der Waals surface area contributed by atoms with E-state index in [-0.39, 0.29) is 0 Å². The lowest BCUT2D eigenvalue weighted by Gasteiger charge is -2.25. The molecule has 2 nitrogen and oxygen atoms in total. The number of hydrogen-bond donors (Lipinski definition) is 1. The third kappa shape index (κ3) is 4.85. The second-order valence-electron chi connectivity index (χ2n) is 6.01. The third-order valence-corrected chi connectivity index (χ3v) is 5.30. The van der Waals surface area contributed by atoms with Crippen molar-refractivity contribution in [3.05, 3.63) is 33.8 Å². The molecule has 0 aliphatic heterocycles. The molecule has 4 heteroatoms. The molecule has 0 radical (unpaired) electrons. The van der Waals surface area contributed by atoms with E-state index in [9.17, 15) is 0 Å². The van der Waals surface area contributed by atoms with Crippen LogP contribution in [-0.2, 0) is 0 Å². The number of likely N-dealkylation sites (N-methyl/N-ethyl adjacent to an activating group) is 1. The lowest BCUT2D eigenvalue weighted by atomic mass is 10.0. The first-order valence-corrected chi connectivity index (χ1v) is 8.76. The van der Waals surface area contributed by atoms with Crippen LogP contribution in [0.4, 0.5) is 0 Å². The van der Waals surface area contributed by atoms with Crippen LogP contribution >= 0.6 is 23.2 Å². The quantitative estimate of drug-likeness (QED) is 0.765. The molecule has 1 aliphatic carbocycles. The van der Waals surface area contributed by atoms with E-state index in [1.54, 1.807) is 0 Å². The highest BCUT2D eigenvalue weighted by Crippen LogP contribution is 2.27. The van der Waals surface area contributed by atoms with E-state index in [1.165, 1.54) is 31.2 Å². The molecule has 0 aromatic heterocycles. The summed E-state index contributed by atoms with van der Waals surface area (Å²) in [6.45, 7) is 4.30. The minimum Gasteiger partial charge on any atom is -0.309 e. The predicted octanol–water partition coefficient (Wildman–Crippen LogP) is 4.91. The van der Waals surface area contributed by atoms with Crippen LogP contribution in [0.3, 0.4) is 0 Å². The molecular formula is C17H26Cl2N2. The molecule has 21 heavy (non-hydrogen) atoms. The number of halogens is 2. The second-order valence-corrected chi connectivity index (χ2v) is 6.82. The number of benzene rings is 1. The molecule has 1 atom stereocenters. The van der Waals surface area contributed by atoms with Crippen LogP contribution in [0, 0.1) is 0 Å². The minimum atomic E-state index is 0.344. The SMILES string of the molecule is CCC(NCCN(C)C1CCCC1)c1ccc(Cl)c(Cl)c1. The maximum absolute atomic E-state index is 6.12. The summed E-state index contributed by atoms with van der Waals surface area (Å²) in [5.74, 6) is 0. The molecule has 1 aromatic rings. The third-order valence-electron chi connectivity index (χ3n) is 4.56. The predicted molar refractivity (Wildman–Crippen MR) is 92.4 cm³/mol. The van der Waals surface area contributed by atoms with Gasteiger partial charge >= 0.3 is 0 Å². The number of rotatable bonds is 7. The molecule has 1 aromatic carbocycles. The van der Waals surface area contributed by atoms with Gasteiger partial charge in [-0.15, -0.1) is 0 Å². The lowest BCUT2D eigenvalue weighted by Crippen LogP contribution is -2.36. The second kappa shape index (κ2) is 8.38. The van der Waals surface area contributed by atoms with Gasteiger partial charge in [0.05, 0.1) is 10.0 Å². The zero-order chi connectivity index (χ0) is 15.2. The van der Waals surface area contributed by atoms with Gasteiger partial charge in [-0.3, -0.25) is 0 Å². The Hall–Kier alpha value is -0.280. The molecular weight excluding hydrogens is 303 g/mol. The minimum absolute atomic E-state index is 0.344. The Morgan fingerprint density at radius 2 is 1.95 bits per heavy atom. The van der Waals surface area contributed by atoms with Crippen molar-refractivity contribution < 1.29 is 0 Å². The topological polar surface area (TPSA) is 15.3 Å². The zero-order valence-electron chi connectivity index (χ0n) is 13.0. The molecule has 0 amide bonds. The molecule has 1 unspecified atom stereocenters. The van der Waals surface area contributed by atoms with Crippen LogP contribution in [0.15, 0.2) is 18.2 Å². The van der Waals surface area contributed by atoms with E-state index in [0.29, 0.717) is 16.1 Å². The first kappa shape index (κ1) is 17.1. The summed E-state index contributed by atoms with van der Waals surface area (Å²) in [4.78, 5) is 2.50. The summed E-state index contributed by atoms with van der Waals surface area (Å²) in [6, 6.07) is 7.06. The van der Waals surface area contributed by atoms with Gasteiger partial charge in [-0.2, -0.15) is 0 Å². The van der Waals surface area contributed by atoms with Gasteiger partial charge in [0.25, 0.3) is 0 Å². The number of nitrogens with one attached hydrogen (secondary N) is 1. The van der Waals surface area contributed by atoms with Gasteiger partial charge in [0.1, 0.15) is 0 Å². The Bertz CT molecular complexity index is 444. The van der Waals surface area contributed by atoms with Crippen LogP contribution in [0.5, 0.6) is 0 Å². The molecule has 0 saturated heterocycles. The highest BCUT2D eigenvalue weighted by atomic mass is 35.5. The van der Waals surface area contributed by atoms with Crippen molar-refractivity contribution in [2.24, 2.45) is 0 Å².